The van der Waals surface area contributed by atoms with Crippen molar-refractivity contribution in [1.29, 1.82) is 0 Å². The maximum atomic E-state index is 12.1. The molecule has 32 heavy (non-hydrogen) atoms. The molecule has 1 atom stereocenters. The summed E-state index contributed by atoms with van der Waals surface area (Å²) in [4.78, 5) is 32.8. The Morgan fingerprint density at radius 2 is 1.91 bits per heavy atom. The summed E-state index contributed by atoms with van der Waals surface area (Å²) in [6.45, 7) is 0.403. The number of anilines is 1. The van der Waals surface area contributed by atoms with Gasteiger partial charge < -0.3 is 0 Å². The molecule has 164 valence electrons. The predicted octanol–water partition coefficient (Wildman–Crippen LogP) is 3.47. The van der Waals surface area contributed by atoms with Gasteiger partial charge in [-0.2, -0.15) is 0 Å². The Balaban J connectivity index is 1.40. The van der Waals surface area contributed by atoms with Crippen LogP contribution in [-0.4, -0.2) is 37.7 Å². The fraction of sp³-hybridized carbons (Fsp3) is 0.250. The number of benzene rings is 1. The summed E-state index contributed by atoms with van der Waals surface area (Å²) < 4.78 is 0.857. The fourth-order valence-corrected chi connectivity index (χ4v) is 6.75. The van der Waals surface area contributed by atoms with Gasteiger partial charge in [-0.1, -0.05) is 6.07 Å². The molecule has 1 aromatic carbocycles. The molecule has 2 heterocycles. The summed E-state index contributed by atoms with van der Waals surface area (Å²) in [6, 6.07) is 14.6. The van der Waals surface area contributed by atoms with E-state index in [1.807, 2.05) is 42.5 Å². The van der Waals surface area contributed by atoms with Crippen LogP contribution in [0.25, 0.3) is 11.3 Å². The number of pyridine rings is 2. The second-order valence-electron chi connectivity index (χ2n) is 7.81. The van der Waals surface area contributed by atoms with Gasteiger partial charge in [-0.05, 0) is 11.6 Å². The van der Waals surface area contributed by atoms with Gasteiger partial charge in [0, 0.05) is 12.4 Å². The van der Waals surface area contributed by atoms with E-state index in [-0.39, 0.29) is 21.8 Å². The Labute approximate surface area is 193 Å². The maximum absolute atomic E-state index is 12.1. The van der Waals surface area contributed by atoms with Crippen LogP contribution in [0.1, 0.15) is 40.9 Å². The van der Waals surface area contributed by atoms with Crippen LogP contribution in [0.4, 0.5) is 10.5 Å². The van der Waals surface area contributed by atoms with Crippen LogP contribution in [0.2, 0.25) is 4.71 Å². The Hall–Kier alpha value is -3.18. The molecule has 0 saturated heterocycles. The second-order valence-corrected chi connectivity index (χ2v) is 11.1. The van der Waals surface area contributed by atoms with Crippen LogP contribution >= 0.6 is 0 Å². The summed E-state index contributed by atoms with van der Waals surface area (Å²) in [5.41, 5.74) is 10.3. The Kier molecular flexibility index (Phi) is 7.17. The van der Waals surface area contributed by atoms with Crippen LogP contribution in [0.5, 0.6) is 0 Å². The van der Waals surface area contributed by atoms with Crippen molar-refractivity contribution in [1.82, 2.24) is 15.3 Å². The molecule has 1 aliphatic carbocycles. The third-order valence-electron chi connectivity index (χ3n) is 5.52. The number of carbonyl (C=O) groups excluding carboxylic acids is 2. The molecule has 0 bridgehead atoms. The first-order chi connectivity index (χ1) is 15.6. The van der Waals surface area contributed by atoms with E-state index < -0.39 is 5.91 Å². The average Bonchev–Trinajstić information content (AvgIpc) is 2.78. The van der Waals surface area contributed by atoms with Crippen LogP contribution in [0.15, 0.2) is 60.9 Å². The van der Waals surface area contributed by atoms with E-state index in [0.29, 0.717) is 17.8 Å². The molecular weight excluding hydrogens is 465 g/mol. The van der Waals surface area contributed by atoms with E-state index in [4.69, 9.17) is 10.7 Å². The van der Waals surface area contributed by atoms with Crippen molar-refractivity contribution in [2.24, 2.45) is 5.73 Å². The summed E-state index contributed by atoms with van der Waals surface area (Å²) in [5, 5.41) is 6.52. The zero-order chi connectivity index (χ0) is 22.3. The number of amides is 3. The number of nitrogens with zero attached hydrogens (tertiary/aromatic N) is 2. The van der Waals surface area contributed by atoms with Crippen LogP contribution < -0.4 is 16.4 Å². The van der Waals surface area contributed by atoms with Gasteiger partial charge in [0.15, 0.2) is 0 Å². The number of nitrogens with two attached hydrogens (primary N) is 1. The normalized spacial score (nSPS) is 13.6. The summed E-state index contributed by atoms with van der Waals surface area (Å²) >= 11 is -0.164. The van der Waals surface area contributed by atoms with Crippen molar-refractivity contribution in [3.05, 3.63) is 77.7 Å². The number of rotatable bonds is 8. The Morgan fingerprint density at radius 1 is 1.09 bits per heavy atom. The van der Waals surface area contributed by atoms with Gasteiger partial charge in [0.05, 0.1) is 0 Å². The molecule has 4 rings (SSSR count). The van der Waals surface area contributed by atoms with Gasteiger partial charge in [0.25, 0.3) is 0 Å². The standard InChI is InChI=1S/C24H26AsN5O2/c26-23(31)20-10-11-21(30-22(20)13-25-18-4-1-5-18)17-6-8-19(9-7-17)29-24(32)28-15-16-3-2-12-27-14-16/h2-3,6-12,14,18,25H,1,4-5,13,15H2,(H2,26,31)(H2,28,29,32). The first-order valence-electron chi connectivity index (χ1n) is 10.7. The van der Waals surface area contributed by atoms with E-state index in [2.05, 4.69) is 15.6 Å². The van der Waals surface area contributed by atoms with Gasteiger partial charge in [-0.25, -0.2) is 0 Å². The number of nitrogens with one attached hydrogen (secondary N) is 2. The van der Waals surface area contributed by atoms with Crippen molar-refractivity contribution in [2.45, 2.75) is 35.7 Å². The van der Waals surface area contributed by atoms with E-state index >= 15 is 0 Å². The van der Waals surface area contributed by atoms with E-state index in [1.54, 1.807) is 18.5 Å². The quantitative estimate of drug-likeness (QED) is 0.419. The van der Waals surface area contributed by atoms with Crippen LogP contribution in [-0.2, 0) is 11.8 Å². The third-order valence-corrected chi connectivity index (χ3v) is 9.07. The molecule has 3 amide bonds. The number of aromatic nitrogens is 2. The van der Waals surface area contributed by atoms with Gasteiger partial charge in [-0.15, -0.1) is 0 Å². The number of hydrogen-bond donors (Lipinski definition) is 3. The topological polar surface area (TPSA) is 110 Å². The van der Waals surface area contributed by atoms with Gasteiger partial charge in [-0.3, -0.25) is 4.98 Å². The first kappa shape index (κ1) is 22.0. The monoisotopic (exact) mass is 491 g/mol. The van der Waals surface area contributed by atoms with E-state index in [1.165, 1.54) is 19.3 Å². The predicted molar refractivity (Wildman–Crippen MR) is 127 cm³/mol. The number of primary amides is 1. The Bertz CT molecular complexity index is 1090. The van der Waals surface area contributed by atoms with Crippen molar-refractivity contribution < 1.29 is 9.59 Å². The molecule has 1 saturated carbocycles. The third kappa shape index (κ3) is 5.74. The van der Waals surface area contributed by atoms with Gasteiger partial charge >= 0.3 is 159 Å². The van der Waals surface area contributed by atoms with E-state index in [9.17, 15) is 9.59 Å². The van der Waals surface area contributed by atoms with Crippen LogP contribution in [0.3, 0.4) is 0 Å². The van der Waals surface area contributed by atoms with Gasteiger partial charge in [0.1, 0.15) is 0 Å². The summed E-state index contributed by atoms with van der Waals surface area (Å²) in [6.07, 6.45) is 7.37. The van der Waals surface area contributed by atoms with E-state index in [0.717, 1.165) is 32.4 Å². The SMILES string of the molecule is NC(=O)c1ccc(-c2ccc(NC(=O)NCc3cccnc3)cc2)nc1C[AsH]C1CCC1. The molecule has 0 radical (unpaired) electrons. The molecule has 0 spiro atoms. The fourth-order valence-electron chi connectivity index (χ4n) is 3.46. The number of hydrogen-bond acceptors (Lipinski definition) is 4. The number of urea groups is 1. The van der Waals surface area contributed by atoms with Crippen molar-refractivity contribution in [2.75, 3.05) is 5.32 Å². The number of carbonyl (C=O) groups is 2. The molecule has 4 N–H and O–H groups in total. The second kappa shape index (κ2) is 10.4. The summed E-state index contributed by atoms with van der Waals surface area (Å²) in [5.74, 6) is -0.420. The molecule has 0 aliphatic heterocycles. The molecule has 1 aliphatic rings. The molecule has 1 unspecified atom stereocenters. The zero-order valence-corrected chi connectivity index (χ0v) is 19.8. The Morgan fingerprint density at radius 3 is 2.56 bits per heavy atom. The molecule has 3 aromatic rings. The summed E-state index contributed by atoms with van der Waals surface area (Å²) in [7, 11) is 0. The van der Waals surface area contributed by atoms with Crippen molar-refractivity contribution >= 4 is 33.4 Å². The van der Waals surface area contributed by atoms with Gasteiger partial charge in [0.2, 0.25) is 0 Å². The van der Waals surface area contributed by atoms with Crippen LogP contribution in [0, 0.1) is 0 Å². The van der Waals surface area contributed by atoms with Crippen molar-refractivity contribution in [3.8, 4) is 11.3 Å². The molecule has 1 fully saturated rings. The zero-order valence-electron chi connectivity index (χ0n) is 17.7. The first-order valence-corrected chi connectivity index (χ1v) is 13.4. The molecule has 2 aromatic heterocycles. The van der Waals surface area contributed by atoms with Crippen molar-refractivity contribution in [3.63, 3.8) is 0 Å². The molecular formula is C24H26AsN5O2. The average molecular weight is 491 g/mol. The molecule has 8 heteroatoms. The molecule has 7 nitrogen and oxygen atoms in total. The minimum absolute atomic E-state index is 0.164. The minimum atomic E-state index is -0.420.